The van der Waals surface area contributed by atoms with Gasteiger partial charge in [-0.1, -0.05) is 0 Å². The smallest absolute Gasteiger partial charge is 0.472 e. The number of nitrogens with one attached hydrogen (secondary N) is 1. The third-order valence-electron chi connectivity index (χ3n) is 3.01. The lowest BCUT2D eigenvalue weighted by Crippen LogP contribution is -2.26. The van der Waals surface area contributed by atoms with Gasteiger partial charge in [0.25, 0.3) is 0 Å². The van der Waals surface area contributed by atoms with Gasteiger partial charge < -0.3 is 14.3 Å². The Labute approximate surface area is 135 Å². The van der Waals surface area contributed by atoms with Crippen molar-refractivity contribution in [1.29, 1.82) is 0 Å². The van der Waals surface area contributed by atoms with E-state index in [-0.39, 0.29) is 17.9 Å². The highest BCUT2D eigenvalue weighted by molar-refractivity contribution is 7.89. The zero-order valence-electron chi connectivity index (χ0n) is 12.2. The summed E-state index contributed by atoms with van der Waals surface area (Å²) in [6.45, 7) is -0.0600. The number of halogens is 3. The minimum atomic E-state index is -4.85. The molecule has 1 aromatic heterocycles. The molecule has 0 aliphatic rings. The van der Waals surface area contributed by atoms with Crippen molar-refractivity contribution >= 4 is 10.0 Å². The lowest BCUT2D eigenvalue weighted by Gasteiger charge is -2.11. The van der Waals surface area contributed by atoms with E-state index in [2.05, 4.69) is 9.46 Å². The first-order valence-electron chi connectivity index (χ1n) is 6.73. The van der Waals surface area contributed by atoms with Crippen molar-refractivity contribution in [3.8, 4) is 5.75 Å². The van der Waals surface area contributed by atoms with Crippen LogP contribution in [0, 0.1) is 0 Å². The molecule has 0 radical (unpaired) electrons. The van der Waals surface area contributed by atoms with Crippen molar-refractivity contribution in [3.05, 3.63) is 48.4 Å². The fraction of sp³-hybridized carbons (Fsp3) is 0.286. The number of hydrogen-bond acceptors (Lipinski definition) is 5. The Hall–Kier alpha value is -2.04. The number of sulfonamides is 1. The zero-order chi connectivity index (χ0) is 17.8. The van der Waals surface area contributed by atoms with Crippen molar-refractivity contribution < 1.29 is 35.8 Å². The minimum absolute atomic E-state index is 0.0600. The zero-order valence-corrected chi connectivity index (χ0v) is 13.0. The SMILES string of the molecule is O=S(=O)(NCCC(O)c1ccoc1)c1ccc(OC(F)(F)F)cc1. The summed E-state index contributed by atoms with van der Waals surface area (Å²) in [5.74, 6) is -0.517. The molecule has 0 bridgehead atoms. The molecule has 1 unspecified atom stereocenters. The van der Waals surface area contributed by atoms with Gasteiger partial charge in [0.2, 0.25) is 10.0 Å². The molecule has 132 valence electrons. The van der Waals surface area contributed by atoms with Gasteiger partial charge in [-0.25, -0.2) is 13.1 Å². The van der Waals surface area contributed by atoms with E-state index in [0.717, 1.165) is 24.3 Å². The molecule has 0 aliphatic heterocycles. The van der Waals surface area contributed by atoms with Crippen LogP contribution in [0.2, 0.25) is 0 Å². The average Bonchev–Trinajstić information content (AvgIpc) is 3.00. The molecule has 6 nitrogen and oxygen atoms in total. The molecule has 0 spiro atoms. The molecule has 0 saturated heterocycles. The van der Waals surface area contributed by atoms with Gasteiger partial charge in [0.1, 0.15) is 5.75 Å². The fourth-order valence-electron chi connectivity index (χ4n) is 1.87. The van der Waals surface area contributed by atoms with Crippen LogP contribution in [0.5, 0.6) is 5.75 Å². The lowest BCUT2D eigenvalue weighted by atomic mass is 10.1. The Bertz CT molecular complexity index is 742. The van der Waals surface area contributed by atoms with E-state index < -0.39 is 28.2 Å². The van der Waals surface area contributed by atoms with Gasteiger partial charge in [-0.2, -0.15) is 0 Å². The monoisotopic (exact) mass is 365 g/mol. The highest BCUT2D eigenvalue weighted by Gasteiger charge is 2.31. The number of benzene rings is 1. The topological polar surface area (TPSA) is 88.8 Å². The summed E-state index contributed by atoms with van der Waals surface area (Å²) < 4.78 is 70.9. The maximum atomic E-state index is 12.1. The maximum absolute atomic E-state index is 12.1. The summed E-state index contributed by atoms with van der Waals surface area (Å²) in [6.07, 6.45) is -2.91. The van der Waals surface area contributed by atoms with Gasteiger partial charge in [-0.3, -0.25) is 0 Å². The number of aliphatic hydroxyl groups is 1. The first-order chi connectivity index (χ1) is 11.2. The van der Waals surface area contributed by atoms with Crippen LogP contribution in [0.25, 0.3) is 0 Å². The quantitative estimate of drug-likeness (QED) is 0.787. The Balaban J connectivity index is 1.92. The number of aliphatic hydroxyl groups excluding tert-OH is 1. The highest BCUT2D eigenvalue weighted by atomic mass is 32.2. The summed E-state index contributed by atoms with van der Waals surface area (Å²) in [6, 6.07) is 5.36. The summed E-state index contributed by atoms with van der Waals surface area (Å²) in [5.41, 5.74) is 0.517. The van der Waals surface area contributed by atoms with Gasteiger partial charge in [-0.05, 0) is 36.8 Å². The standard InChI is InChI=1S/C14H14F3NO5S/c15-14(16,17)23-11-1-3-12(4-2-11)24(20,21)18-7-5-13(19)10-6-8-22-9-10/h1-4,6,8-9,13,18-19H,5,7H2. The first kappa shape index (κ1) is 18.3. The Kier molecular flexibility index (Phi) is 5.52. The normalized spacial score (nSPS) is 13.7. The van der Waals surface area contributed by atoms with Crippen molar-refractivity contribution in [2.24, 2.45) is 0 Å². The molecule has 2 N–H and O–H groups in total. The molecule has 1 aromatic carbocycles. The van der Waals surface area contributed by atoms with Crippen LogP contribution in [-0.4, -0.2) is 26.4 Å². The lowest BCUT2D eigenvalue weighted by molar-refractivity contribution is -0.274. The van der Waals surface area contributed by atoms with Crippen LogP contribution < -0.4 is 9.46 Å². The van der Waals surface area contributed by atoms with Gasteiger partial charge in [-0.15, -0.1) is 13.2 Å². The van der Waals surface area contributed by atoms with Crippen molar-refractivity contribution in [3.63, 3.8) is 0 Å². The predicted octanol–water partition coefficient (Wildman–Crippen LogP) is 2.58. The van der Waals surface area contributed by atoms with E-state index in [0.29, 0.717) is 5.56 Å². The van der Waals surface area contributed by atoms with Crippen molar-refractivity contribution in [1.82, 2.24) is 4.72 Å². The second-order valence-electron chi connectivity index (χ2n) is 4.78. The van der Waals surface area contributed by atoms with E-state index in [1.807, 2.05) is 0 Å². The maximum Gasteiger partial charge on any atom is 0.573 e. The number of furan rings is 1. The molecule has 2 rings (SSSR count). The molecule has 2 aromatic rings. The van der Waals surface area contributed by atoms with E-state index in [9.17, 15) is 26.7 Å². The van der Waals surface area contributed by atoms with Crippen LogP contribution >= 0.6 is 0 Å². The van der Waals surface area contributed by atoms with Crippen molar-refractivity contribution in [2.75, 3.05) is 6.54 Å². The van der Waals surface area contributed by atoms with Gasteiger partial charge in [0.05, 0.1) is 23.5 Å². The Morgan fingerprint density at radius 2 is 1.88 bits per heavy atom. The second kappa shape index (κ2) is 7.24. The van der Waals surface area contributed by atoms with Gasteiger partial charge in [0.15, 0.2) is 0 Å². The molecule has 1 atom stereocenters. The molecule has 0 aliphatic carbocycles. The van der Waals surface area contributed by atoms with E-state index in [4.69, 9.17) is 4.42 Å². The fourth-order valence-corrected chi connectivity index (χ4v) is 2.91. The highest BCUT2D eigenvalue weighted by Crippen LogP contribution is 2.24. The van der Waals surface area contributed by atoms with Crippen LogP contribution in [0.1, 0.15) is 18.1 Å². The third kappa shape index (κ3) is 5.25. The molecule has 0 fully saturated rings. The predicted molar refractivity (Wildman–Crippen MR) is 76.6 cm³/mol. The summed E-state index contributed by atoms with van der Waals surface area (Å²) in [4.78, 5) is -0.213. The summed E-state index contributed by atoms with van der Waals surface area (Å²) >= 11 is 0. The summed E-state index contributed by atoms with van der Waals surface area (Å²) in [7, 11) is -3.91. The van der Waals surface area contributed by atoms with Crippen LogP contribution in [0.15, 0.2) is 52.2 Å². The molecule has 0 amide bonds. The number of hydrogen-bond donors (Lipinski definition) is 2. The molecule has 10 heteroatoms. The van der Waals surface area contributed by atoms with Crippen LogP contribution in [0.3, 0.4) is 0 Å². The number of alkyl halides is 3. The minimum Gasteiger partial charge on any atom is -0.472 e. The number of rotatable bonds is 7. The van der Waals surface area contributed by atoms with Crippen LogP contribution in [-0.2, 0) is 10.0 Å². The van der Waals surface area contributed by atoms with E-state index >= 15 is 0 Å². The van der Waals surface area contributed by atoms with Crippen LogP contribution in [0.4, 0.5) is 13.2 Å². The second-order valence-corrected chi connectivity index (χ2v) is 6.55. The van der Waals surface area contributed by atoms with E-state index in [1.165, 1.54) is 12.5 Å². The van der Waals surface area contributed by atoms with Gasteiger partial charge in [0, 0.05) is 12.1 Å². The third-order valence-corrected chi connectivity index (χ3v) is 4.48. The molecular weight excluding hydrogens is 351 g/mol. The summed E-state index contributed by atoms with van der Waals surface area (Å²) in [5, 5.41) is 9.80. The van der Waals surface area contributed by atoms with Gasteiger partial charge >= 0.3 is 6.36 Å². The number of ether oxygens (including phenoxy) is 1. The molecule has 1 heterocycles. The Morgan fingerprint density at radius 3 is 2.42 bits per heavy atom. The first-order valence-corrected chi connectivity index (χ1v) is 8.21. The molecule has 24 heavy (non-hydrogen) atoms. The molecular formula is C14H14F3NO5S. The van der Waals surface area contributed by atoms with E-state index in [1.54, 1.807) is 6.07 Å². The van der Waals surface area contributed by atoms with Crippen molar-refractivity contribution in [2.45, 2.75) is 23.8 Å². The Morgan fingerprint density at radius 1 is 1.21 bits per heavy atom. The molecule has 0 saturated carbocycles. The average molecular weight is 365 g/mol. The largest absolute Gasteiger partial charge is 0.573 e.